The molecular formula is C25H27N5O5. The number of benzene rings is 2. The van der Waals surface area contributed by atoms with E-state index in [2.05, 4.69) is 20.6 Å². The van der Waals surface area contributed by atoms with E-state index in [1.807, 2.05) is 38.1 Å². The van der Waals surface area contributed by atoms with Gasteiger partial charge < -0.3 is 23.9 Å². The van der Waals surface area contributed by atoms with E-state index in [0.717, 1.165) is 5.56 Å². The van der Waals surface area contributed by atoms with E-state index in [4.69, 9.17) is 18.6 Å². The van der Waals surface area contributed by atoms with Crippen LogP contribution in [-0.2, 0) is 6.54 Å². The van der Waals surface area contributed by atoms with Crippen molar-refractivity contribution in [2.75, 3.05) is 26.1 Å². The molecule has 0 bridgehead atoms. The Kier molecular flexibility index (Phi) is 7.00. The van der Waals surface area contributed by atoms with Crippen molar-refractivity contribution in [3.05, 3.63) is 65.3 Å². The summed E-state index contributed by atoms with van der Waals surface area (Å²) in [6.07, 6.45) is 0. The van der Waals surface area contributed by atoms with Gasteiger partial charge in [-0.15, -0.1) is 5.10 Å². The summed E-state index contributed by atoms with van der Waals surface area (Å²) in [4.78, 5) is 17.6. The van der Waals surface area contributed by atoms with Crippen LogP contribution >= 0.6 is 0 Å². The van der Waals surface area contributed by atoms with Crippen molar-refractivity contribution in [1.82, 2.24) is 20.0 Å². The lowest BCUT2D eigenvalue weighted by Crippen LogP contribution is -2.15. The van der Waals surface area contributed by atoms with Gasteiger partial charge in [0.1, 0.15) is 28.7 Å². The number of nitrogens with one attached hydrogen (secondary N) is 1. The van der Waals surface area contributed by atoms with Crippen LogP contribution in [0.4, 0.5) is 5.69 Å². The van der Waals surface area contributed by atoms with Gasteiger partial charge in [0, 0.05) is 6.07 Å². The first-order valence-corrected chi connectivity index (χ1v) is 11.1. The van der Waals surface area contributed by atoms with E-state index in [9.17, 15) is 4.79 Å². The first kappa shape index (κ1) is 23.8. The van der Waals surface area contributed by atoms with E-state index < -0.39 is 5.91 Å². The maximum atomic E-state index is 12.9. The minimum Gasteiger partial charge on any atom is -0.497 e. The third-order valence-electron chi connectivity index (χ3n) is 5.46. The summed E-state index contributed by atoms with van der Waals surface area (Å²) in [6.45, 7) is 6.37. The van der Waals surface area contributed by atoms with Gasteiger partial charge in [0.2, 0.25) is 5.89 Å². The predicted molar refractivity (Wildman–Crippen MR) is 129 cm³/mol. The maximum absolute atomic E-state index is 12.9. The SMILES string of the molecule is CCOc1ccccc1-c1nc(Cn2nnc(C(=O)Nc3ccc(OC)cc3OC)c2C)c(C)o1. The molecule has 0 spiro atoms. The number of methoxy groups -OCH3 is 2. The Hall–Kier alpha value is -4.34. The van der Waals surface area contributed by atoms with Gasteiger partial charge in [-0.3, -0.25) is 4.79 Å². The van der Waals surface area contributed by atoms with E-state index in [-0.39, 0.29) is 5.69 Å². The lowest BCUT2D eigenvalue weighted by Gasteiger charge is -2.11. The lowest BCUT2D eigenvalue weighted by molar-refractivity contribution is 0.102. The van der Waals surface area contributed by atoms with Crippen molar-refractivity contribution in [1.29, 1.82) is 0 Å². The molecule has 0 atom stereocenters. The number of amides is 1. The molecule has 4 rings (SSSR count). The Morgan fingerprint density at radius 3 is 2.63 bits per heavy atom. The van der Waals surface area contributed by atoms with Crippen LogP contribution < -0.4 is 19.5 Å². The van der Waals surface area contributed by atoms with E-state index in [1.54, 1.807) is 36.9 Å². The van der Waals surface area contributed by atoms with Crippen LogP contribution in [0.1, 0.15) is 34.6 Å². The molecule has 1 amide bonds. The molecule has 1 N–H and O–H groups in total. The number of hydrogen-bond acceptors (Lipinski definition) is 8. The number of aryl methyl sites for hydroxylation is 1. The van der Waals surface area contributed by atoms with Gasteiger partial charge in [-0.25, -0.2) is 9.67 Å². The van der Waals surface area contributed by atoms with Crippen LogP contribution in [0, 0.1) is 13.8 Å². The summed E-state index contributed by atoms with van der Waals surface area (Å²) in [6, 6.07) is 12.7. The van der Waals surface area contributed by atoms with Gasteiger partial charge in [0.25, 0.3) is 5.91 Å². The van der Waals surface area contributed by atoms with Gasteiger partial charge in [-0.1, -0.05) is 17.3 Å². The third-order valence-corrected chi connectivity index (χ3v) is 5.46. The minimum atomic E-state index is -0.402. The summed E-state index contributed by atoms with van der Waals surface area (Å²) in [5, 5.41) is 11.1. The van der Waals surface area contributed by atoms with Crippen molar-refractivity contribution in [2.24, 2.45) is 0 Å². The maximum Gasteiger partial charge on any atom is 0.278 e. The number of nitrogens with zero attached hydrogens (tertiary/aromatic N) is 4. The Labute approximate surface area is 202 Å². The molecule has 4 aromatic rings. The molecule has 0 aliphatic carbocycles. The molecule has 0 aliphatic heterocycles. The second-order valence-electron chi connectivity index (χ2n) is 7.65. The molecule has 10 nitrogen and oxygen atoms in total. The van der Waals surface area contributed by atoms with Gasteiger partial charge >= 0.3 is 0 Å². The normalized spacial score (nSPS) is 10.8. The first-order chi connectivity index (χ1) is 16.9. The molecule has 182 valence electrons. The number of anilines is 1. The molecule has 2 aromatic carbocycles. The molecule has 2 heterocycles. The summed E-state index contributed by atoms with van der Waals surface area (Å²) in [5.74, 6) is 2.50. The molecule has 10 heteroatoms. The molecule has 0 radical (unpaired) electrons. The molecule has 35 heavy (non-hydrogen) atoms. The van der Waals surface area contributed by atoms with Crippen LogP contribution in [0.15, 0.2) is 46.9 Å². The van der Waals surface area contributed by atoms with Crippen molar-refractivity contribution < 1.29 is 23.4 Å². The van der Waals surface area contributed by atoms with Gasteiger partial charge in [0.05, 0.1) is 44.3 Å². The van der Waals surface area contributed by atoms with Gasteiger partial charge in [-0.2, -0.15) is 0 Å². The number of ether oxygens (including phenoxy) is 3. The highest BCUT2D eigenvalue weighted by Gasteiger charge is 2.21. The monoisotopic (exact) mass is 477 g/mol. The Morgan fingerprint density at radius 1 is 1.09 bits per heavy atom. The largest absolute Gasteiger partial charge is 0.497 e. The number of rotatable bonds is 9. The van der Waals surface area contributed by atoms with Crippen LogP contribution in [0.25, 0.3) is 11.5 Å². The quantitative estimate of drug-likeness (QED) is 0.380. The zero-order chi connectivity index (χ0) is 24.9. The highest BCUT2D eigenvalue weighted by molar-refractivity contribution is 6.04. The van der Waals surface area contributed by atoms with Crippen molar-refractivity contribution >= 4 is 11.6 Å². The Morgan fingerprint density at radius 2 is 1.89 bits per heavy atom. The second-order valence-corrected chi connectivity index (χ2v) is 7.65. The van der Waals surface area contributed by atoms with Crippen molar-refractivity contribution in [3.63, 3.8) is 0 Å². The Bertz CT molecular complexity index is 1340. The average Bonchev–Trinajstić information content (AvgIpc) is 3.42. The fourth-order valence-corrected chi connectivity index (χ4v) is 3.56. The third kappa shape index (κ3) is 4.96. The van der Waals surface area contributed by atoms with Crippen molar-refractivity contribution in [3.8, 4) is 28.7 Å². The standard InChI is InChI=1S/C25H27N5O5/c1-6-34-21-10-8-7-9-18(21)25-27-20(16(3)35-25)14-30-15(2)23(28-29-30)24(31)26-19-12-11-17(32-4)13-22(19)33-5/h7-13H,6,14H2,1-5H3,(H,26,31). The lowest BCUT2D eigenvalue weighted by atomic mass is 10.2. The van der Waals surface area contributed by atoms with Crippen LogP contribution in [0.5, 0.6) is 17.2 Å². The highest BCUT2D eigenvalue weighted by atomic mass is 16.5. The molecule has 0 aliphatic rings. The fraction of sp³-hybridized carbons (Fsp3) is 0.280. The minimum absolute atomic E-state index is 0.200. The first-order valence-electron chi connectivity index (χ1n) is 11.1. The predicted octanol–water partition coefficient (Wildman–Crippen LogP) is 4.27. The van der Waals surface area contributed by atoms with E-state index in [0.29, 0.717) is 59.1 Å². The molecule has 0 unspecified atom stereocenters. The average molecular weight is 478 g/mol. The molecule has 0 fully saturated rings. The summed E-state index contributed by atoms with van der Waals surface area (Å²) < 4.78 is 23.8. The summed E-state index contributed by atoms with van der Waals surface area (Å²) in [7, 11) is 3.08. The number of aromatic nitrogens is 4. The smallest absolute Gasteiger partial charge is 0.278 e. The zero-order valence-corrected chi connectivity index (χ0v) is 20.3. The number of carbonyl (C=O) groups is 1. The van der Waals surface area contributed by atoms with Gasteiger partial charge in [-0.05, 0) is 45.0 Å². The molecule has 0 saturated heterocycles. The number of hydrogen-bond donors (Lipinski definition) is 1. The van der Waals surface area contributed by atoms with E-state index in [1.165, 1.54) is 7.11 Å². The number of para-hydroxylation sites is 1. The summed E-state index contributed by atoms with van der Waals surface area (Å²) in [5.41, 5.74) is 2.74. The van der Waals surface area contributed by atoms with Crippen LogP contribution in [0.3, 0.4) is 0 Å². The zero-order valence-electron chi connectivity index (χ0n) is 20.3. The Balaban J connectivity index is 1.54. The molecule has 0 saturated carbocycles. The fourth-order valence-electron chi connectivity index (χ4n) is 3.56. The summed E-state index contributed by atoms with van der Waals surface area (Å²) >= 11 is 0. The van der Waals surface area contributed by atoms with E-state index >= 15 is 0 Å². The highest BCUT2D eigenvalue weighted by Crippen LogP contribution is 2.31. The van der Waals surface area contributed by atoms with Gasteiger partial charge in [0.15, 0.2) is 5.69 Å². The molecular weight excluding hydrogens is 450 g/mol. The topological polar surface area (TPSA) is 114 Å². The van der Waals surface area contributed by atoms with Crippen LogP contribution in [-0.4, -0.2) is 46.7 Å². The number of carbonyl (C=O) groups excluding carboxylic acids is 1. The molecule has 2 aromatic heterocycles. The van der Waals surface area contributed by atoms with Crippen LogP contribution in [0.2, 0.25) is 0 Å². The number of oxazole rings is 1. The van der Waals surface area contributed by atoms with Crippen molar-refractivity contribution in [2.45, 2.75) is 27.3 Å². The second kappa shape index (κ2) is 10.3.